The first-order chi connectivity index (χ1) is 20.4. The van der Waals surface area contributed by atoms with Crippen molar-refractivity contribution in [2.24, 2.45) is 28.6 Å². The molecular weight excluding hydrogens is 568 g/mol. The minimum atomic E-state index is -1.54. The fourth-order valence-corrected chi connectivity index (χ4v) is 9.94. The van der Waals surface area contributed by atoms with E-state index in [9.17, 15) is 24.3 Å². The van der Waals surface area contributed by atoms with E-state index < -0.39 is 51.7 Å². The molecule has 0 aliphatic heterocycles. The number of rotatable bonds is 13. The summed E-state index contributed by atoms with van der Waals surface area (Å²) in [6.07, 6.45) is 13.3. The molecule has 0 spiro atoms. The smallest absolute Gasteiger partial charge is 0.306 e. The summed E-state index contributed by atoms with van der Waals surface area (Å²) in [5.41, 5.74) is -2.21. The predicted octanol–water partition coefficient (Wildman–Crippen LogP) is 6.82. The van der Waals surface area contributed by atoms with Crippen LogP contribution >= 0.6 is 11.6 Å². The van der Waals surface area contributed by atoms with E-state index in [0.717, 1.165) is 37.7 Å². The number of unbranched alkanes of at least 4 members (excludes halogenated alkanes) is 5. The number of aliphatic hydroxyl groups is 1. The third-order valence-electron chi connectivity index (χ3n) is 11.5. The summed E-state index contributed by atoms with van der Waals surface area (Å²) in [5, 5.41) is 12.3. The van der Waals surface area contributed by atoms with Crippen LogP contribution in [-0.2, 0) is 28.7 Å². The predicted molar refractivity (Wildman–Crippen MR) is 165 cm³/mol. The second-order valence-electron chi connectivity index (χ2n) is 13.7. The molecule has 0 saturated heterocycles. The van der Waals surface area contributed by atoms with E-state index >= 15 is 0 Å². The molecule has 0 aromatic carbocycles. The zero-order valence-electron chi connectivity index (χ0n) is 26.7. The van der Waals surface area contributed by atoms with Gasteiger partial charge in [-0.2, -0.15) is 0 Å². The molecule has 0 heterocycles. The molecule has 1 unspecified atom stereocenters. The molecule has 7 nitrogen and oxygen atoms in total. The Morgan fingerprint density at radius 1 is 1.02 bits per heavy atom. The highest BCUT2D eigenvalue weighted by atomic mass is 35.5. The minimum Gasteiger partial charge on any atom is -0.457 e. The van der Waals surface area contributed by atoms with Crippen LogP contribution in [0.2, 0.25) is 0 Å². The van der Waals surface area contributed by atoms with Gasteiger partial charge in [-0.05, 0) is 56.1 Å². The summed E-state index contributed by atoms with van der Waals surface area (Å²) in [7, 11) is 0. The first-order valence-corrected chi connectivity index (χ1v) is 17.0. The number of aliphatic hydroxyl groups excluding tert-OH is 1. The molecule has 0 amide bonds. The van der Waals surface area contributed by atoms with Crippen LogP contribution in [0.15, 0.2) is 23.8 Å². The molecule has 4 aliphatic carbocycles. The Labute approximate surface area is 262 Å². The summed E-state index contributed by atoms with van der Waals surface area (Å²) in [4.78, 5) is 51.0. The van der Waals surface area contributed by atoms with Crippen LogP contribution in [0.1, 0.15) is 118 Å². The first kappa shape index (κ1) is 33.9. The Bertz CT molecular complexity index is 1160. The van der Waals surface area contributed by atoms with Gasteiger partial charge in [0.2, 0.25) is 5.78 Å². The van der Waals surface area contributed by atoms with Gasteiger partial charge in [0.05, 0.1) is 11.0 Å². The molecular formula is C35H51ClO7. The largest absolute Gasteiger partial charge is 0.457 e. The molecule has 8 heteroatoms. The second kappa shape index (κ2) is 13.2. The number of hydrogen-bond donors (Lipinski definition) is 1. The highest BCUT2D eigenvalue weighted by molar-refractivity contribution is 6.26. The van der Waals surface area contributed by atoms with Crippen molar-refractivity contribution in [2.75, 3.05) is 6.61 Å². The van der Waals surface area contributed by atoms with Gasteiger partial charge in [0.25, 0.3) is 0 Å². The van der Waals surface area contributed by atoms with Crippen molar-refractivity contribution in [2.45, 2.75) is 135 Å². The van der Waals surface area contributed by atoms with Gasteiger partial charge >= 0.3 is 11.9 Å². The minimum absolute atomic E-state index is 0.0684. The molecule has 240 valence electrons. The molecule has 4 rings (SSSR count). The fourth-order valence-electron chi connectivity index (χ4n) is 9.42. The lowest BCUT2D eigenvalue weighted by atomic mass is 9.44. The topological polar surface area (TPSA) is 107 Å². The summed E-state index contributed by atoms with van der Waals surface area (Å²) in [6, 6.07) is 0. The summed E-state index contributed by atoms with van der Waals surface area (Å²) in [6.45, 7) is 9.07. The third-order valence-corrected chi connectivity index (χ3v) is 12.4. The molecule has 0 aromatic heterocycles. The van der Waals surface area contributed by atoms with E-state index in [1.54, 1.807) is 26.0 Å². The van der Waals surface area contributed by atoms with E-state index in [-0.39, 0.29) is 42.8 Å². The zero-order valence-corrected chi connectivity index (χ0v) is 27.5. The van der Waals surface area contributed by atoms with Gasteiger partial charge in [-0.1, -0.05) is 84.8 Å². The maximum Gasteiger partial charge on any atom is 0.306 e. The first-order valence-electron chi connectivity index (χ1n) is 16.6. The fraction of sp³-hybridized carbons (Fsp3) is 0.771. The number of esters is 2. The number of ether oxygens (including phenoxy) is 2. The van der Waals surface area contributed by atoms with Gasteiger partial charge in [0.15, 0.2) is 18.0 Å². The van der Waals surface area contributed by atoms with Crippen LogP contribution in [0.3, 0.4) is 0 Å². The maximum absolute atomic E-state index is 14.4. The number of fused-ring (bicyclic) bond motifs is 5. The van der Waals surface area contributed by atoms with Gasteiger partial charge < -0.3 is 14.6 Å². The molecule has 0 bridgehead atoms. The monoisotopic (exact) mass is 618 g/mol. The standard InChI is InChI=1S/C35H51ClO7/c1-6-9-10-11-12-13-17-33-21-28(38)34(36)26(15-14-24-20-25(37)16-18-32(24,34)5)27(33)19-23(4)35(33,43-31(41)8-3)29(39)22-42-30(40)7-2/h16,18,20,23,26-28,38H,6-15,17,19,21-22H2,1-5H3/t23-,26-,27-,28-,32-,33-,34?,35-/m0/s1. The molecule has 3 saturated carbocycles. The lowest BCUT2D eigenvalue weighted by Crippen LogP contribution is -2.70. The van der Waals surface area contributed by atoms with Crippen molar-refractivity contribution in [3.05, 3.63) is 23.8 Å². The molecule has 3 fully saturated rings. The third kappa shape index (κ3) is 5.45. The average Bonchev–Trinajstić information content (AvgIpc) is 3.22. The van der Waals surface area contributed by atoms with Crippen LogP contribution in [-0.4, -0.2) is 51.8 Å². The van der Waals surface area contributed by atoms with E-state index in [1.165, 1.54) is 6.42 Å². The Hall–Kier alpha value is -1.99. The van der Waals surface area contributed by atoms with Gasteiger partial charge in [-0.3, -0.25) is 19.2 Å². The second-order valence-corrected chi connectivity index (χ2v) is 14.3. The van der Waals surface area contributed by atoms with Gasteiger partial charge in [-0.25, -0.2) is 0 Å². The summed E-state index contributed by atoms with van der Waals surface area (Å²) in [5.74, 6) is -2.10. The van der Waals surface area contributed by atoms with Crippen LogP contribution < -0.4 is 0 Å². The molecule has 43 heavy (non-hydrogen) atoms. The van der Waals surface area contributed by atoms with Crippen molar-refractivity contribution in [3.8, 4) is 0 Å². The number of alkyl halides is 1. The van der Waals surface area contributed by atoms with Crippen molar-refractivity contribution >= 4 is 35.1 Å². The highest BCUT2D eigenvalue weighted by Crippen LogP contribution is 2.73. The number of carbonyl (C=O) groups is 4. The molecule has 8 atom stereocenters. The summed E-state index contributed by atoms with van der Waals surface area (Å²) < 4.78 is 11.7. The van der Waals surface area contributed by atoms with E-state index in [2.05, 4.69) is 6.92 Å². The SMILES string of the molecule is CCCCCCCC[C@]12C[C@H](O)C3(Cl)[C@@H](CCC4=CC(=O)C=C[C@@]43C)[C@@H]1C[C@H](C)[C@]2(OC(=O)CC)C(=O)COC(=O)CC. The number of Topliss-reactive ketones (excluding diaryl/α,β-unsaturated/α-hetero) is 1. The van der Waals surface area contributed by atoms with Gasteiger partial charge in [0.1, 0.15) is 0 Å². The Balaban J connectivity index is 1.83. The van der Waals surface area contributed by atoms with Gasteiger partial charge in [0, 0.05) is 29.6 Å². The summed E-state index contributed by atoms with van der Waals surface area (Å²) >= 11 is 7.70. The number of hydrogen-bond acceptors (Lipinski definition) is 7. The lowest BCUT2D eigenvalue weighted by molar-refractivity contribution is -0.209. The lowest BCUT2D eigenvalue weighted by Gasteiger charge is -2.64. The maximum atomic E-state index is 14.4. The average molecular weight is 619 g/mol. The molecule has 0 aromatic rings. The molecule has 4 aliphatic rings. The highest BCUT2D eigenvalue weighted by Gasteiger charge is 2.77. The number of allylic oxidation sites excluding steroid dienone is 4. The zero-order chi connectivity index (χ0) is 31.6. The van der Waals surface area contributed by atoms with Crippen molar-refractivity contribution in [1.82, 2.24) is 0 Å². The van der Waals surface area contributed by atoms with Crippen LogP contribution in [0.4, 0.5) is 0 Å². The normalized spacial score (nSPS) is 38.0. The van der Waals surface area contributed by atoms with E-state index in [4.69, 9.17) is 21.1 Å². The molecule has 1 N–H and O–H groups in total. The number of carbonyl (C=O) groups excluding carboxylic acids is 4. The van der Waals surface area contributed by atoms with Crippen LogP contribution in [0, 0.1) is 28.6 Å². The number of halogens is 1. The van der Waals surface area contributed by atoms with Gasteiger partial charge in [-0.15, -0.1) is 11.6 Å². The Morgan fingerprint density at radius 3 is 2.37 bits per heavy atom. The number of ketones is 2. The van der Waals surface area contributed by atoms with Crippen LogP contribution in [0.5, 0.6) is 0 Å². The van der Waals surface area contributed by atoms with Crippen molar-refractivity contribution in [3.63, 3.8) is 0 Å². The van der Waals surface area contributed by atoms with Crippen LogP contribution in [0.25, 0.3) is 0 Å². The Kier molecular flexibility index (Phi) is 10.4. The van der Waals surface area contributed by atoms with E-state index in [1.807, 2.05) is 19.9 Å². The molecule has 0 radical (unpaired) electrons. The van der Waals surface area contributed by atoms with E-state index in [0.29, 0.717) is 25.7 Å². The Morgan fingerprint density at radius 2 is 1.70 bits per heavy atom. The quantitative estimate of drug-likeness (QED) is 0.137. The van der Waals surface area contributed by atoms with Crippen molar-refractivity contribution < 1.29 is 33.8 Å². The van der Waals surface area contributed by atoms with Crippen molar-refractivity contribution in [1.29, 1.82) is 0 Å².